The first-order chi connectivity index (χ1) is 8.90. The molecular weight excluding hydrogens is 242 g/mol. The third-order valence-electron chi connectivity index (χ3n) is 3.24. The molecule has 0 aliphatic carbocycles. The van der Waals surface area contributed by atoms with Crippen LogP contribution in [0.2, 0.25) is 0 Å². The van der Waals surface area contributed by atoms with E-state index in [2.05, 4.69) is 26.1 Å². The topological polar surface area (TPSA) is 62.5 Å². The van der Waals surface area contributed by atoms with Crippen LogP contribution >= 0.6 is 0 Å². The first-order valence-electron chi connectivity index (χ1n) is 6.96. The second-order valence-electron chi connectivity index (χ2n) is 5.59. The molecule has 0 spiro atoms. The van der Waals surface area contributed by atoms with Crippen LogP contribution in [-0.4, -0.2) is 17.1 Å². The van der Waals surface area contributed by atoms with Crippen molar-refractivity contribution >= 4 is 5.97 Å². The van der Waals surface area contributed by atoms with Gasteiger partial charge in [0.2, 0.25) is 0 Å². The van der Waals surface area contributed by atoms with E-state index < -0.39 is 5.97 Å². The Bertz CT molecular complexity index is 410. The molecule has 19 heavy (non-hydrogen) atoms. The Morgan fingerprint density at radius 2 is 2.05 bits per heavy atom. The van der Waals surface area contributed by atoms with E-state index >= 15 is 0 Å². The van der Waals surface area contributed by atoms with Crippen molar-refractivity contribution in [3.05, 3.63) is 23.2 Å². The summed E-state index contributed by atoms with van der Waals surface area (Å²) in [5.74, 6) is 0.970. The highest BCUT2D eigenvalue weighted by atomic mass is 16.4. The van der Waals surface area contributed by atoms with Gasteiger partial charge in [-0.1, -0.05) is 26.7 Å². The molecule has 2 N–H and O–H groups in total. The largest absolute Gasteiger partial charge is 0.478 e. The highest BCUT2D eigenvalue weighted by molar-refractivity contribution is 5.88. The zero-order valence-electron chi connectivity index (χ0n) is 12.3. The maximum absolute atomic E-state index is 10.9. The van der Waals surface area contributed by atoms with E-state index in [0.717, 1.165) is 12.3 Å². The van der Waals surface area contributed by atoms with Crippen molar-refractivity contribution in [1.82, 2.24) is 5.32 Å². The molecule has 1 aromatic heterocycles. The SMILES string of the molecule is Cc1oc(CNC(C)CCCC(C)C)cc1C(=O)O. The van der Waals surface area contributed by atoms with Gasteiger partial charge in [-0.25, -0.2) is 4.79 Å². The molecule has 0 amide bonds. The minimum atomic E-state index is -0.933. The molecule has 0 fully saturated rings. The summed E-state index contributed by atoms with van der Waals surface area (Å²) >= 11 is 0. The molecule has 1 atom stereocenters. The summed E-state index contributed by atoms with van der Waals surface area (Å²) in [5, 5.41) is 12.3. The zero-order valence-corrected chi connectivity index (χ0v) is 12.3. The molecule has 0 radical (unpaired) electrons. The van der Waals surface area contributed by atoms with Gasteiger partial charge in [0.15, 0.2) is 0 Å². The quantitative estimate of drug-likeness (QED) is 0.755. The summed E-state index contributed by atoms with van der Waals surface area (Å²) in [6.45, 7) is 8.87. The van der Waals surface area contributed by atoms with Gasteiger partial charge in [0, 0.05) is 6.04 Å². The molecule has 0 aliphatic heterocycles. The minimum Gasteiger partial charge on any atom is -0.478 e. The molecule has 1 unspecified atom stereocenters. The summed E-state index contributed by atoms with van der Waals surface area (Å²) in [6, 6.07) is 2.02. The molecule has 1 heterocycles. The van der Waals surface area contributed by atoms with Gasteiger partial charge in [-0.2, -0.15) is 0 Å². The lowest BCUT2D eigenvalue weighted by molar-refractivity contribution is 0.0695. The highest BCUT2D eigenvalue weighted by Gasteiger charge is 2.13. The van der Waals surface area contributed by atoms with Gasteiger partial charge in [-0.05, 0) is 32.3 Å². The number of rotatable bonds is 8. The highest BCUT2D eigenvalue weighted by Crippen LogP contribution is 2.15. The van der Waals surface area contributed by atoms with Crippen LogP contribution in [0.15, 0.2) is 10.5 Å². The lowest BCUT2D eigenvalue weighted by Gasteiger charge is -2.13. The van der Waals surface area contributed by atoms with Gasteiger partial charge in [0.25, 0.3) is 0 Å². The fourth-order valence-electron chi connectivity index (χ4n) is 2.05. The van der Waals surface area contributed by atoms with Crippen LogP contribution in [0.3, 0.4) is 0 Å². The Labute approximate surface area is 115 Å². The van der Waals surface area contributed by atoms with Crippen molar-refractivity contribution in [2.24, 2.45) is 5.92 Å². The fourth-order valence-corrected chi connectivity index (χ4v) is 2.05. The molecule has 1 rings (SSSR count). The number of nitrogens with one attached hydrogen (secondary N) is 1. The number of aromatic carboxylic acids is 1. The molecule has 0 saturated heterocycles. The maximum Gasteiger partial charge on any atom is 0.339 e. The number of carboxylic acid groups (broad SMARTS) is 1. The van der Waals surface area contributed by atoms with Crippen molar-refractivity contribution in [2.75, 3.05) is 0 Å². The molecule has 0 aromatic carbocycles. The zero-order chi connectivity index (χ0) is 14.4. The lowest BCUT2D eigenvalue weighted by Crippen LogP contribution is -2.25. The van der Waals surface area contributed by atoms with Crippen molar-refractivity contribution in [3.8, 4) is 0 Å². The smallest absolute Gasteiger partial charge is 0.339 e. The average molecular weight is 267 g/mol. The van der Waals surface area contributed by atoms with Crippen LogP contribution in [0.25, 0.3) is 0 Å². The molecule has 0 saturated carbocycles. The number of hydrogen-bond acceptors (Lipinski definition) is 3. The van der Waals surface area contributed by atoms with Crippen LogP contribution in [0, 0.1) is 12.8 Å². The van der Waals surface area contributed by atoms with Crippen molar-refractivity contribution in [1.29, 1.82) is 0 Å². The average Bonchev–Trinajstić information content (AvgIpc) is 2.67. The van der Waals surface area contributed by atoms with E-state index in [4.69, 9.17) is 9.52 Å². The van der Waals surface area contributed by atoms with Crippen LogP contribution in [-0.2, 0) is 6.54 Å². The number of furan rings is 1. The van der Waals surface area contributed by atoms with Crippen LogP contribution in [0.1, 0.15) is 61.9 Å². The van der Waals surface area contributed by atoms with E-state index in [9.17, 15) is 4.79 Å². The lowest BCUT2D eigenvalue weighted by atomic mass is 10.0. The molecule has 1 aromatic rings. The maximum atomic E-state index is 10.9. The van der Waals surface area contributed by atoms with Gasteiger partial charge in [0.1, 0.15) is 17.1 Å². The molecular formula is C15H25NO3. The van der Waals surface area contributed by atoms with Gasteiger partial charge in [-0.15, -0.1) is 0 Å². The van der Waals surface area contributed by atoms with Crippen molar-refractivity contribution in [2.45, 2.75) is 59.5 Å². The normalized spacial score (nSPS) is 12.9. The van der Waals surface area contributed by atoms with E-state index in [1.807, 2.05) is 0 Å². The van der Waals surface area contributed by atoms with Gasteiger partial charge in [-0.3, -0.25) is 0 Å². The predicted molar refractivity (Wildman–Crippen MR) is 75.4 cm³/mol. The van der Waals surface area contributed by atoms with E-state index in [1.165, 1.54) is 12.8 Å². The molecule has 4 nitrogen and oxygen atoms in total. The van der Waals surface area contributed by atoms with Gasteiger partial charge in [0.05, 0.1) is 6.54 Å². The van der Waals surface area contributed by atoms with E-state index in [0.29, 0.717) is 24.1 Å². The number of aryl methyl sites for hydroxylation is 1. The molecule has 108 valence electrons. The van der Waals surface area contributed by atoms with E-state index in [1.54, 1.807) is 13.0 Å². The first kappa shape index (κ1) is 15.8. The Kier molecular flexibility index (Phi) is 6.09. The summed E-state index contributed by atoms with van der Waals surface area (Å²) in [6.07, 6.45) is 3.59. The summed E-state index contributed by atoms with van der Waals surface area (Å²) in [4.78, 5) is 10.9. The summed E-state index contributed by atoms with van der Waals surface area (Å²) in [5.41, 5.74) is 0.254. The van der Waals surface area contributed by atoms with E-state index in [-0.39, 0.29) is 5.56 Å². The standard InChI is InChI=1S/C15H25NO3/c1-10(2)6-5-7-11(3)16-9-13-8-14(15(17)18)12(4)19-13/h8,10-11,16H,5-7,9H2,1-4H3,(H,17,18). The van der Waals surface area contributed by atoms with Crippen LogP contribution < -0.4 is 5.32 Å². The summed E-state index contributed by atoms with van der Waals surface area (Å²) in [7, 11) is 0. The van der Waals surface area contributed by atoms with Gasteiger partial charge < -0.3 is 14.8 Å². The van der Waals surface area contributed by atoms with Crippen molar-refractivity contribution < 1.29 is 14.3 Å². The van der Waals surface area contributed by atoms with Crippen LogP contribution in [0.5, 0.6) is 0 Å². The predicted octanol–water partition coefficient (Wildman–Crippen LogP) is 3.59. The Balaban J connectivity index is 2.36. The third-order valence-corrected chi connectivity index (χ3v) is 3.24. The molecule has 4 heteroatoms. The number of carbonyl (C=O) groups is 1. The Morgan fingerprint density at radius 1 is 1.37 bits per heavy atom. The van der Waals surface area contributed by atoms with Crippen molar-refractivity contribution in [3.63, 3.8) is 0 Å². The second kappa shape index (κ2) is 7.34. The minimum absolute atomic E-state index is 0.254. The summed E-state index contributed by atoms with van der Waals surface area (Å²) < 4.78 is 5.43. The Morgan fingerprint density at radius 3 is 2.58 bits per heavy atom. The molecule has 0 bridgehead atoms. The first-order valence-corrected chi connectivity index (χ1v) is 6.96. The monoisotopic (exact) mass is 267 g/mol. The second-order valence-corrected chi connectivity index (χ2v) is 5.59. The Hall–Kier alpha value is -1.29. The number of hydrogen-bond donors (Lipinski definition) is 2. The third kappa shape index (κ3) is 5.47. The van der Waals surface area contributed by atoms with Gasteiger partial charge >= 0.3 is 5.97 Å². The van der Waals surface area contributed by atoms with Crippen LogP contribution in [0.4, 0.5) is 0 Å². The molecule has 0 aliphatic rings. The number of carboxylic acids is 1. The fraction of sp³-hybridized carbons (Fsp3) is 0.667.